The van der Waals surface area contributed by atoms with Crippen molar-refractivity contribution in [1.29, 1.82) is 5.26 Å². The monoisotopic (exact) mass is 193 g/mol. The Balaban J connectivity index is 3.41. The number of benzene rings is 1. The molecule has 0 spiro atoms. The number of ether oxygens (including phenoxy) is 1. The summed E-state index contributed by atoms with van der Waals surface area (Å²) in [5, 5.41) is 8.80. The summed E-state index contributed by atoms with van der Waals surface area (Å²) in [6.45, 7) is 5.67. The first-order valence-electron chi connectivity index (χ1n) is 4.44. The van der Waals surface area contributed by atoms with Crippen LogP contribution in [0.4, 0.5) is 4.39 Å². The lowest BCUT2D eigenvalue weighted by Crippen LogP contribution is -2.01. The van der Waals surface area contributed by atoms with Crippen LogP contribution in [0.1, 0.15) is 23.6 Å². The molecule has 1 aromatic carbocycles. The lowest BCUT2D eigenvalue weighted by molar-refractivity contribution is 0.334. The van der Waals surface area contributed by atoms with E-state index in [0.29, 0.717) is 17.9 Å². The summed E-state index contributed by atoms with van der Waals surface area (Å²) in [5.74, 6) is -0.125. The summed E-state index contributed by atoms with van der Waals surface area (Å²) >= 11 is 0. The van der Waals surface area contributed by atoms with Crippen LogP contribution >= 0.6 is 0 Å². The van der Waals surface area contributed by atoms with E-state index < -0.39 is 5.82 Å². The van der Waals surface area contributed by atoms with E-state index >= 15 is 0 Å². The quantitative estimate of drug-likeness (QED) is 0.723. The highest BCUT2D eigenvalue weighted by Gasteiger charge is 2.14. The molecule has 0 amide bonds. The fourth-order valence-electron chi connectivity index (χ4n) is 1.38. The Labute approximate surface area is 82.9 Å². The molecule has 0 aromatic heterocycles. The lowest BCUT2D eigenvalue weighted by atomic mass is 10.1. The van der Waals surface area contributed by atoms with Gasteiger partial charge in [0.1, 0.15) is 23.2 Å². The fourth-order valence-corrected chi connectivity index (χ4v) is 1.38. The summed E-state index contributed by atoms with van der Waals surface area (Å²) in [6.07, 6.45) is 0. The molecule has 0 fully saturated rings. The SMILES string of the molecule is CCOc1c(C)cc(C)c(F)c1C#N. The lowest BCUT2D eigenvalue weighted by Gasteiger charge is -2.10. The molecule has 0 atom stereocenters. The fraction of sp³-hybridized carbons (Fsp3) is 0.364. The van der Waals surface area contributed by atoms with Crippen molar-refractivity contribution >= 4 is 0 Å². The minimum absolute atomic E-state index is 0.00403. The van der Waals surface area contributed by atoms with Crippen LogP contribution in [0, 0.1) is 31.0 Å². The molecule has 14 heavy (non-hydrogen) atoms. The molecule has 1 aromatic rings. The summed E-state index contributed by atoms with van der Waals surface area (Å²) in [7, 11) is 0. The summed E-state index contributed by atoms with van der Waals surface area (Å²) < 4.78 is 18.7. The highest BCUT2D eigenvalue weighted by atomic mass is 19.1. The Kier molecular flexibility index (Phi) is 3.08. The number of halogens is 1. The average molecular weight is 193 g/mol. The molecule has 74 valence electrons. The second-order valence-corrected chi connectivity index (χ2v) is 3.07. The van der Waals surface area contributed by atoms with Crippen molar-refractivity contribution in [2.24, 2.45) is 0 Å². The van der Waals surface area contributed by atoms with Crippen molar-refractivity contribution in [3.8, 4) is 11.8 Å². The predicted octanol–water partition coefficient (Wildman–Crippen LogP) is 2.71. The van der Waals surface area contributed by atoms with E-state index in [9.17, 15) is 4.39 Å². The first-order chi connectivity index (χ1) is 6.61. The van der Waals surface area contributed by atoms with Crippen LogP contribution < -0.4 is 4.74 Å². The molecule has 1 rings (SSSR count). The Hall–Kier alpha value is -1.56. The summed E-state index contributed by atoms with van der Waals surface area (Å²) in [4.78, 5) is 0. The van der Waals surface area contributed by atoms with Crippen molar-refractivity contribution in [2.75, 3.05) is 6.61 Å². The van der Waals surface area contributed by atoms with Gasteiger partial charge in [-0.25, -0.2) is 4.39 Å². The molecule has 0 saturated heterocycles. The average Bonchev–Trinajstić information content (AvgIpc) is 2.15. The maximum absolute atomic E-state index is 13.5. The number of nitriles is 1. The van der Waals surface area contributed by atoms with Crippen molar-refractivity contribution in [3.63, 3.8) is 0 Å². The molecular weight excluding hydrogens is 181 g/mol. The third kappa shape index (κ3) is 1.69. The van der Waals surface area contributed by atoms with Gasteiger partial charge < -0.3 is 4.74 Å². The molecule has 0 aliphatic heterocycles. The van der Waals surface area contributed by atoms with Gasteiger partial charge in [-0.3, -0.25) is 0 Å². The molecule has 0 heterocycles. The predicted molar refractivity (Wildman–Crippen MR) is 51.8 cm³/mol. The van der Waals surface area contributed by atoms with Gasteiger partial charge in [-0.15, -0.1) is 0 Å². The Morgan fingerprint density at radius 3 is 2.57 bits per heavy atom. The van der Waals surface area contributed by atoms with Crippen LogP contribution in [0.3, 0.4) is 0 Å². The van der Waals surface area contributed by atoms with Gasteiger partial charge in [0.25, 0.3) is 0 Å². The molecule has 3 heteroatoms. The van der Waals surface area contributed by atoms with Crippen LogP contribution in [0.2, 0.25) is 0 Å². The number of hydrogen-bond acceptors (Lipinski definition) is 2. The van der Waals surface area contributed by atoms with Gasteiger partial charge in [0.2, 0.25) is 0 Å². The normalized spacial score (nSPS) is 9.64. The third-order valence-corrected chi connectivity index (χ3v) is 1.98. The van der Waals surface area contributed by atoms with Gasteiger partial charge in [-0.1, -0.05) is 0 Å². The molecule has 0 bridgehead atoms. The molecule has 0 radical (unpaired) electrons. The Morgan fingerprint density at radius 2 is 2.07 bits per heavy atom. The highest BCUT2D eigenvalue weighted by Crippen LogP contribution is 2.27. The van der Waals surface area contributed by atoms with Crippen LogP contribution in [0.25, 0.3) is 0 Å². The second kappa shape index (κ2) is 4.10. The van der Waals surface area contributed by atoms with Gasteiger partial charge >= 0.3 is 0 Å². The zero-order chi connectivity index (χ0) is 10.7. The van der Waals surface area contributed by atoms with E-state index in [0.717, 1.165) is 5.56 Å². The van der Waals surface area contributed by atoms with E-state index in [1.807, 2.05) is 6.07 Å². The van der Waals surface area contributed by atoms with E-state index in [4.69, 9.17) is 10.00 Å². The molecule has 0 aliphatic rings. The van der Waals surface area contributed by atoms with Gasteiger partial charge in [-0.2, -0.15) is 5.26 Å². The molecule has 0 aliphatic carbocycles. The zero-order valence-corrected chi connectivity index (χ0v) is 8.52. The summed E-state index contributed by atoms with van der Waals surface area (Å²) in [5.41, 5.74) is 1.27. The number of hydrogen-bond donors (Lipinski definition) is 0. The van der Waals surface area contributed by atoms with E-state index in [2.05, 4.69) is 0 Å². The van der Waals surface area contributed by atoms with Crippen LogP contribution in [0.5, 0.6) is 5.75 Å². The van der Waals surface area contributed by atoms with Gasteiger partial charge in [0, 0.05) is 0 Å². The highest BCUT2D eigenvalue weighted by molar-refractivity contribution is 5.51. The molecule has 0 unspecified atom stereocenters. The third-order valence-electron chi connectivity index (χ3n) is 1.98. The molecule has 0 N–H and O–H groups in total. The van der Waals surface area contributed by atoms with Crippen molar-refractivity contribution < 1.29 is 9.13 Å². The van der Waals surface area contributed by atoms with Crippen molar-refractivity contribution in [1.82, 2.24) is 0 Å². The number of aryl methyl sites for hydroxylation is 2. The maximum atomic E-state index is 13.5. The maximum Gasteiger partial charge on any atom is 0.147 e. The minimum atomic E-state index is -0.485. The first-order valence-corrected chi connectivity index (χ1v) is 4.44. The standard InChI is InChI=1S/C11H12FNO/c1-4-14-11-8(3)5-7(2)10(12)9(11)6-13/h5H,4H2,1-3H3. The first kappa shape index (κ1) is 10.5. The van der Waals surface area contributed by atoms with E-state index in [1.165, 1.54) is 0 Å². The topological polar surface area (TPSA) is 33.0 Å². The van der Waals surface area contributed by atoms with Gasteiger partial charge in [0.15, 0.2) is 0 Å². The van der Waals surface area contributed by atoms with Crippen molar-refractivity contribution in [3.05, 3.63) is 28.6 Å². The van der Waals surface area contributed by atoms with Crippen LogP contribution in [0.15, 0.2) is 6.07 Å². The largest absolute Gasteiger partial charge is 0.492 e. The van der Waals surface area contributed by atoms with Crippen molar-refractivity contribution in [2.45, 2.75) is 20.8 Å². The minimum Gasteiger partial charge on any atom is -0.492 e. The van der Waals surface area contributed by atoms with Gasteiger partial charge in [0.05, 0.1) is 6.61 Å². The second-order valence-electron chi connectivity index (χ2n) is 3.07. The Bertz CT molecular complexity index is 393. The number of rotatable bonds is 2. The zero-order valence-electron chi connectivity index (χ0n) is 8.52. The Morgan fingerprint density at radius 1 is 1.43 bits per heavy atom. The van der Waals surface area contributed by atoms with E-state index in [-0.39, 0.29) is 5.56 Å². The van der Waals surface area contributed by atoms with E-state index in [1.54, 1.807) is 26.8 Å². The van der Waals surface area contributed by atoms with Gasteiger partial charge in [-0.05, 0) is 38.0 Å². The smallest absolute Gasteiger partial charge is 0.147 e. The molecular formula is C11H12FNO. The van der Waals surface area contributed by atoms with Crippen LogP contribution in [-0.2, 0) is 0 Å². The summed E-state index contributed by atoms with van der Waals surface area (Å²) in [6, 6.07) is 3.51. The molecule has 2 nitrogen and oxygen atoms in total. The van der Waals surface area contributed by atoms with Crippen LogP contribution in [-0.4, -0.2) is 6.61 Å². The molecule has 0 saturated carbocycles. The number of nitrogens with zero attached hydrogens (tertiary/aromatic N) is 1.